The molecule has 1 atom stereocenters. The first-order valence-corrected chi connectivity index (χ1v) is 11.9. The molecule has 0 fully saturated rings. The summed E-state index contributed by atoms with van der Waals surface area (Å²) >= 11 is 0. The summed E-state index contributed by atoms with van der Waals surface area (Å²) in [6, 6.07) is 16.1. The van der Waals surface area contributed by atoms with E-state index < -0.39 is 22.0 Å². The lowest BCUT2D eigenvalue weighted by Gasteiger charge is -2.29. The third-order valence-corrected chi connectivity index (χ3v) is 6.30. The van der Waals surface area contributed by atoms with Crippen LogP contribution in [0.2, 0.25) is 0 Å². The Hall–Kier alpha value is -3.19. The van der Waals surface area contributed by atoms with Crippen LogP contribution in [0.4, 0.5) is 11.4 Å². The molecule has 1 N–H and O–H groups in total. The predicted molar refractivity (Wildman–Crippen MR) is 125 cm³/mol. The summed E-state index contributed by atoms with van der Waals surface area (Å²) in [7, 11) is -3.67. The molecule has 0 bridgehead atoms. The highest BCUT2D eigenvalue weighted by atomic mass is 32.2. The average molecular weight is 438 g/mol. The Morgan fingerprint density at radius 1 is 1.00 bits per heavy atom. The minimum atomic E-state index is -3.67. The van der Waals surface area contributed by atoms with Crippen LogP contribution in [0.3, 0.4) is 0 Å². The maximum Gasteiger partial charge on any atom is 0.247 e. The summed E-state index contributed by atoms with van der Waals surface area (Å²) in [6.45, 7) is 5.32. The Bertz CT molecular complexity index is 1160. The van der Waals surface area contributed by atoms with Crippen molar-refractivity contribution in [3.05, 3.63) is 89.2 Å². The molecule has 0 unspecified atom stereocenters. The molecule has 31 heavy (non-hydrogen) atoms. The second-order valence-electron chi connectivity index (χ2n) is 7.74. The number of aromatic nitrogens is 1. The van der Waals surface area contributed by atoms with Gasteiger partial charge in [-0.15, -0.1) is 0 Å². The van der Waals surface area contributed by atoms with Gasteiger partial charge >= 0.3 is 0 Å². The Labute approximate surface area is 184 Å². The van der Waals surface area contributed by atoms with E-state index in [4.69, 9.17) is 0 Å². The van der Waals surface area contributed by atoms with Crippen LogP contribution >= 0.6 is 0 Å². The van der Waals surface area contributed by atoms with Gasteiger partial charge in [0.2, 0.25) is 15.9 Å². The molecule has 7 heteroatoms. The van der Waals surface area contributed by atoms with Crippen molar-refractivity contribution in [2.24, 2.45) is 0 Å². The summed E-state index contributed by atoms with van der Waals surface area (Å²) in [5.74, 6) is -0.395. The van der Waals surface area contributed by atoms with Gasteiger partial charge in [-0.1, -0.05) is 24.3 Å². The normalized spacial score (nSPS) is 12.3. The van der Waals surface area contributed by atoms with Crippen LogP contribution in [0.1, 0.15) is 29.2 Å². The molecule has 3 aromatic rings. The maximum atomic E-state index is 12.9. The second kappa shape index (κ2) is 9.31. The van der Waals surface area contributed by atoms with Crippen LogP contribution in [-0.4, -0.2) is 31.6 Å². The summed E-state index contributed by atoms with van der Waals surface area (Å²) < 4.78 is 26.3. The van der Waals surface area contributed by atoms with E-state index in [2.05, 4.69) is 10.3 Å². The first-order chi connectivity index (χ1) is 14.6. The van der Waals surface area contributed by atoms with Crippen molar-refractivity contribution in [1.29, 1.82) is 0 Å². The van der Waals surface area contributed by atoms with Gasteiger partial charge in [-0.05, 0) is 79.8 Å². The molecule has 1 aromatic heterocycles. The van der Waals surface area contributed by atoms with Crippen LogP contribution in [0.15, 0.2) is 67.0 Å². The number of pyridine rings is 1. The monoisotopic (exact) mass is 437 g/mol. The van der Waals surface area contributed by atoms with E-state index in [0.717, 1.165) is 34.9 Å². The van der Waals surface area contributed by atoms with Gasteiger partial charge in [0.15, 0.2) is 0 Å². The van der Waals surface area contributed by atoms with E-state index in [1.165, 1.54) is 4.31 Å². The van der Waals surface area contributed by atoms with Crippen molar-refractivity contribution < 1.29 is 13.2 Å². The van der Waals surface area contributed by atoms with Gasteiger partial charge in [-0.3, -0.25) is 14.1 Å². The van der Waals surface area contributed by atoms with Crippen molar-refractivity contribution in [3.63, 3.8) is 0 Å². The van der Waals surface area contributed by atoms with Gasteiger partial charge < -0.3 is 5.32 Å². The van der Waals surface area contributed by atoms with Crippen molar-refractivity contribution in [1.82, 2.24) is 4.98 Å². The first kappa shape index (κ1) is 22.5. The van der Waals surface area contributed by atoms with Crippen molar-refractivity contribution in [3.8, 4) is 0 Å². The zero-order valence-corrected chi connectivity index (χ0v) is 19.0. The molecule has 2 aromatic carbocycles. The molecule has 162 valence electrons. The number of rotatable bonds is 7. The van der Waals surface area contributed by atoms with E-state index in [0.29, 0.717) is 11.4 Å². The number of nitrogens with zero attached hydrogens (tertiary/aromatic N) is 2. The van der Waals surface area contributed by atoms with Crippen LogP contribution < -0.4 is 9.62 Å². The third kappa shape index (κ3) is 5.70. The van der Waals surface area contributed by atoms with E-state index >= 15 is 0 Å². The predicted octanol–water partition coefficient (Wildman–Crippen LogP) is 4.08. The van der Waals surface area contributed by atoms with Crippen LogP contribution in [0.25, 0.3) is 0 Å². The van der Waals surface area contributed by atoms with Crippen molar-refractivity contribution >= 4 is 27.3 Å². The van der Waals surface area contributed by atoms with Gasteiger partial charge in [0, 0.05) is 18.1 Å². The van der Waals surface area contributed by atoms with Crippen LogP contribution in [-0.2, 0) is 21.2 Å². The van der Waals surface area contributed by atoms with E-state index in [1.807, 2.05) is 62.4 Å². The molecule has 1 heterocycles. The van der Waals surface area contributed by atoms with Gasteiger partial charge in [-0.25, -0.2) is 8.42 Å². The summed E-state index contributed by atoms with van der Waals surface area (Å²) in [4.78, 5) is 16.9. The summed E-state index contributed by atoms with van der Waals surface area (Å²) in [5.41, 5.74) is 5.09. The van der Waals surface area contributed by atoms with Gasteiger partial charge in [0.1, 0.15) is 6.04 Å². The Morgan fingerprint density at radius 2 is 1.61 bits per heavy atom. The number of carbonyl (C=O) groups is 1. The average Bonchev–Trinajstić information content (AvgIpc) is 2.72. The van der Waals surface area contributed by atoms with Crippen molar-refractivity contribution in [2.45, 2.75) is 33.2 Å². The SMILES string of the molecule is Cc1ccc(C)c(N([C@H](C)C(=O)Nc2ccc(Cc3ccncc3)cc2)S(C)(=O)=O)c1. The van der Waals surface area contributed by atoms with E-state index in [-0.39, 0.29) is 0 Å². The van der Waals surface area contributed by atoms with Crippen LogP contribution in [0.5, 0.6) is 0 Å². The quantitative estimate of drug-likeness (QED) is 0.604. The number of carbonyl (C=O) groups excluding carboxylic acids is 1. The highest BCUT2D eigenvalue weighted by Gasteiger charge is 2.30. The first-order valence-electron chi connectivity index (χ1n) is 10.0. The maximum absolute atomic E-state index is 12.9. The topological polar surface area (TPSA) is 79.4 Å². The molecule has 0 radical (unpaired) electrons. The number of benzene rings is 2. The fraction of sp³-hybridized carbons (Fsp3) is 0.250. The zero-order chi connectivity index (χ0) is 22.6. The number of hydrogen-bond acceptors (Lipinski definition) is 4. The molecule has 3 rings (SSSR count). The molecule has 0 saturated heterocycles. The third-order valence-electron chi connectivity index (χ3n) is 5.07. The van der Waals surface area contributed by atoms with Gasteiger partial charge in [0.25, 0.3) is 0 Å². The van der Waals surface area contributed by atoms with Gasteiger partial charge in [-0.2, -0.15) is 0 Å². The Balaban J connectivity index is 1.77. The highest BCUT2D eigenvalue weighted by molar-refractivity contribution is 7.92. The number of aryl methyl sites for hydroxylation is 2. The number of nitrogens with one attached hydrogen (secondary N) is 1. The molecule has 6 nitrogen and oxygen atoms in total. The molecule has 1 amide bonds. The number of amides is 1. The lowest BCUT2D eigenvalue weighted by Crippen LogP contribution is -2.45. The number of anilines is 2. The standard InChI is InChI=1S/C24H27N3O3S/c1-17-5-6-18(2)23(15-17)27(31(4,29)30)19(3)24(28)26-22-9-7-20(8-10-22)16-21-11-13-25-14-12-21/h5-15,19H,16H2,1-4H3,(H,26,28)/t19-/m1/s1. The Kier molecular flexibility index (Phi) is 6.75. The lowest BCUT2D eigenvalue weighted by molar-refractivity contribution is -0.116. The molecule has 0 aliphatic carbocycles. The molecule has 0 spiro atoms. The molecule has 0 aliphatic heterocycles. The second-order valence-corrected chi connectivity index (χ2v) is 9.60. The zero-order valence-electron chi connectivity index (χ0n) is 18.2. The fourth-order valence-corrected chi connectivity index (χ4v) is 4.65. The fourth-order valence-electron chi connectivity index (χ4n) is 3.43. The van der Waals surface area contributed by atoms with Crippen molar-refractivity contribution in [2.75, 3.05) is 15.9 Å². The Morgan fingerprint density at radius 3 is 2.23 bits per heavy atom. The molecule has 0 aliphatic rings. The summed E-state index contributed by atoms with van der Waals surface area (Å²) in [5, 5.41) is 2.83. The van der Waals surface area contributed by atoms with Gasteiger partial charge in [0.05, 0.1) is 11.9 Å². The lowest BCUT2D eigenvalue weighted by atomic mass is 10.1. The van der Waals surface area contributed by atoms with Crippen LogP contribution in [0, 0.1) is 13.8 Å². The van der Waals surface area contributed by atoms with E-state index in [9.17, 15) is 13.2 Å². The number of hydrogen-bond donors (Lipinski definition) is 1. The highest BCUT2D eigenvalue weighted by Crippen LogP contribution is 2.27. The smallest absolute Gasteiger partial charge is 0.247 e. The minimum Gasteiger partial charge on any atom is -0.324 e. The minimum absolute atomic E-state index is 0.395. The number of sulfonamides is 1. The molecular weight excluding hydrogens is 410 g/mol. The molecule has 0 saturated carbocycles. The largest absolute Gasteiger partial charge is 0.324 e. The van der Waals surface area contributed by atoms with E-state index in [1.54, 1.807) is 25.4 Å². The summed E-state index contributed by atoms with van der Waals surface area (Å²) in [6.07, 6.45) is 5.40. The molecular formula is C24H27N3O3S.